The van der Waals surface area contributed by atoms with Crippen LogP contribution in [0.15, 0.2) is 36.4 Å². The summed E-state index contributed by atoms with van der Waals surface area (Å²) in [5.74, 6) is -4.49. The monoisotopic (exact) mass is 324 g/mol. The Labute approximate surface area is 131 Å². The molecule has 0 saturated carbocycles. The minimum absolute atomic E-state index is 0.123. The number of aliphatic hydroxyl groups excluding tert-OH is 1. The number of rotatable bonds is 4. The third-order valence-electron chi connectivity index (χ3n) is 3.29. The number of halogens is 3. The molecule has 2 aromatic rings. The van der Waals surface area contributed by atoms with Crippen LogP contribution in [0.4, 0.5) is 23.7 Å². The topological polar surface area (TPSA) is 61.4 Å². The second-order valence-electron chi connectivity index (χ2n) is 4.93. The first kappa shape index (κ1) is 16.8. The minimum Gasteiger partial charge on any atom is -0.387 e. The van der Waals surface area contributed by atoms with E-state index in [1.54, 1.807) is 12.1 Å². The molecule has 0 bridgehead atoms. The Kier molecular flexibility index (Phi) is 5.23. The van der Waals surface area contributed by atoms with Crippen LogP contribution in [0.1, 0.15) is 17.2 Å². The zero-order chi connectivity index (χ0) is 17.0. The summed E-state index contributed by atoms with van der Waals surface area (Å²) in [6, 6.07) is 7.87. The highest BCUT2D eigenvalue weighted by Gasteiger charge is 2.16. The van der Waals surface area contributed by atoms with Crippen molar-refractivity contribution in [1.82, 2.24) is 5.32 Å². The average Bonchev–Trinajstić information content (AvgIpc) is 2.53. The number of aliphatic hydroxyl groups is 1. The molecule has 1 atom stereocenters. The van der Waals surface area contributed by atoms with Crippen LogP contribution >= 0.6 is 0 Å². The van der Waals surface area contributed by atoms with E-state index < -0.39 is 35.3 Å². The summed E-state index contributed by atoms with van der Waals surface area (Å²) in [5.41, 5.74) is 1.01. The highest BCUT2D eigenvalue weighted by Crippen LogP contribution is 2.20. The molecule has 0 fully saturated rings. The standard InChI is InChI=1S/C16H15F3N2O2/c1-9-4-2-3-5-10(9)13(22)8-20-16(23)21-12-7-6-11(17)14(18)15(12)19/h2-7,13,22H,8H2,1H3,(H2,20,21,23). The van der Waals surface area contributed by atoms with Crippen LogP contribution in [0, 0.1) is 24.4 Å². The summed E-state index contributed by atoms with van der Waals surface area (Å²) in [5, 5.41) is 14.4. The lowest BCUT2D eigenvalue weighted by Gasteiger charge is -2.15. The molecular formula is C16H15F3N2O2. The maximum Gasteiger partial charge on any atom is 0.319 e. The van der Waals surface area contributed by atoms with Crippen LogP contribution in [0.3, 0.4) is 0 Å². The fourth-order valence-electron chi connectivity index (χ4n) is 2.05. The van der Waals surface area contributed by atoms with Crippen LogP contribution in [0.25, 0.3) is 0 Å². The third-order valence-corrected chi connectivity index (χ3v) is 3.29. The van der Waals surface area contributed by atoms with E-state index in [0.717, 1.165) is 11.6 Å². The SMILES string of the molecule is Cc1ccccc1C(O)CNC(=O)Nc1ccc(F)c(F)c1F. The van der Waals surface area contributed by atoms with E-state index in [2.05, 4.69) is 10.6 Å². The van der Waals surface area contributed by atoms with Gasteiger partial charge in [-0.3, -0.25) is 0 Å². The van der Waals surface area contributed by atoms with E-state index in [1.165, 1.54) is 0 Å². The van der Waals surface area contributed by atoms with Gasteiger partial charge in [-0.25, -0.2) is 18.0 Å². The molecule has 2 amide bonds. The number of carbonyl (C=O) groups excluding carboxylic acids is 1. The van der Waals surface area contributed by atoms with Crippen molar-refractivity contribution < 1.29 is 23.1 Å². The van der Waals surface area contributed by atoms with Gasteiger partial charge in [0.2, 0.25) is 0 Å². The van der Waals surface area contributed by atoms with Crippen LogP contribution in [0.5, 0.6) is 0 Å². The predicted octanol–water partition coefficient (Wildman–Crippen LogP) is 3.27. The molecule has 0 spiro atoms. The van der Waals surface area contributed by atoms with Gasteiger partial charge in [-0.15, -0.1) is 0 Å². The van der Waals surface area contributed by atoms with E-state index in [4.69, 9.17) is 0 Å². The number of carbonyl (C=O) groups is 1. The molecule has 0 heterocycles. The van der Waals surface area contributed by atoms with Gasteiger partial charge in [-0.1, -0.05) is 24.3 Å². The third kappa shape index (κ3) is 4.01. The summed E-state index contributed by atoms with van der Waals surface area (Å²) < 4.78 is 39.3. The molecule has 2 rings (SSSR count). The zero-order valence-electron chi connectivity index (χ0n) is 12.2. The Hall–Kier alpha value is -2.54. The predicted molar refractivity (Wildman–Crippen MR) is 79.5 cm³/mol. The lowest BCUT2D eigenvalue weighted by atomic mass is 10.0. The lowest BCUT2D eigenvalue weighted by Crippen LogP contribution is -2.33. The van der Waals surface area contributed by atoms with Gasteiger partial charge in [0.25, 0.3) is 0 Å². The Balaban J connectivity index is 1.96. The molecule has 0 aliphatic carbocycles. The number of hydrogen-bond acceptors (Lipinski definition) is 2. The molecule has 7 heteroatoms. The molecule has 2 aromatic carbocycles. The van der Waals surface area contributed by atoms with Gasteiger partial charge in [0, 0.05) is 6.54 Å². The average molecular weight is 324 g/mol. The maximum absolute atomic E-state index is 13.4. The van der Waals surface area contributed by atoms with Crippen molar-refractivity contribution in [1.29, 1.82) is 0 Å². The number of hydrogen-bond donors (Lipinski definition) is 3. The van der Waals surface area contributed by atoms with Crippen LogP contribution in [-0.2, 0) is 0 Å². The molecule has 3 N–H and O–H groups in total. The van der Waals surface area contributed by atoms with Gasteiger partial charge in [-0.05, 0) is 30.2 Å². The normalized spacial score (nSPS) is 11.9. The zero-order valence-corrected chi connectivity index (χ0v) is 12.2. The van der Waals surface area contributed by atoms with E-state index in [9.17, 15) is 23.1 Å². The van der Waals surface area contributed by atoms with Gasteiger partial charge < -0.3 is 15.7 Å². The largest absolute Gasteiger partial charge is 0.387 e. The molecule has 0 aliphatic heterocycles. The van der Waals surface area contributed by atoms with E-state index in [0.29, 0.717) is 11.6 Å². The van der Waals surface area contributed by atoms with Crippen molar-refractivity contribution in [2.45, 2.75) is 13.0 Å². The molecule has 122 valence electrons. The minimum atomic E-state index is -1.66. The molecule has 0 radical (unpaired) electrons. The van der Waals surface area contributed by atoms with Crippen LogP contribution in [-0.4, -0.2) is 17.7 Å². The van der Waals surface area contributed by atoms with Gasteiger partial charge in [0.05, 0.1) is 11.8 Å². The summed E-state index contributed by atoms with van der Waals surface area (Å²) in [6.45, 7) is 1.69. The van der Waals surface area contributed by atoms with Crippen molar-refractivity contribution in [3.05, 3.63) is 65.0 Å². The molecule has 0 saturated heterocycles. The summed E-state index contributed by atoms with van der Waals surface area (Å²) in [4.78, 5) is 11.7. The number of nitrogens with one attached hydrogen (secondary N) is 2. The van der Waals surface area contributed by atoms with E-state index in [-0.39, 0.29) is 6.54 Å². The number of benzene rings is 2. The first-order chi connectivity index (χ1) is 10.9. The fourth-order valence-corrected chi connectivity index (χ4v) is 2.05. The van der Waals surface area contributed by atoms with Gasteiger partial charge >= 0.3 is 6.03 Å². The number of urea groups is 1. The van der Waals surface area contributed by atoms with Gasteiger partial charge in [0.1, 0.15) is 0 Å². The first-order valence-electron chi connectivity index (χ1n) is 6.82. The number of aryl methyl sites for hydroxylation is 1. The molecule has 23 heavy (non-hydrogen) atoms. The number of anilines is 1. The van der Waals surface area contributed by atoms with Crippen molar-refractivity contribution in [2.24, 2.45) is 0 Å². The van der Waals surface area contributed by atoms with Crippen molar-refractivity contribution in [3.8, 4) is 0 Å². The Bertz CT molecular complexity index is 722. The highest BCUT2D eigenvalue weighted by atomic mass is 19.2. The fraction of sp³-hybridized carbons (Fsp3) is 0.188. The van der Waals surface area contributed by atoms with Crippen LogP contribution < -0.4 is 10.6 Å². The maximum atomic E-state index is 13.4. The van der Waals surface area contributed by atoms with Crippen molar-refractivity contribution in [3.63, 3.8) is 0 Å². The molecule has 1 unspecified atom stereocenters. The lowest BCUT2D eigenvalue weighted by molar-refractivity contribution is 0.174. The molecule has 4 nitrogen and oxygen atoms in total. The van der Waals surface area contributed by atoms with Crippen molar-refractivity contribution >= 4 is 11.7 Å². The molecular weight excluding hydrogens is 309 g/mol. The molecule has 0 aliphatic rings. The number of amides is 2. The first-order valence-corrected chi connectivity index (χ1v) is 6.82. The Morgan fingerprint density at radius 3 is 2.52 bits per heavy atom. The van der Waals surface area contributed by atoms with Crippen molar-refractivity contribution in [2.75, 3.05) is 11.9 Å². The highest BCUT2D eigenvalue weighted by molar-refractivity contribution is 5.89. The van der Waals surface area contributed by atoms with E-state index >= 15 is 0 Å². The molecule has 0 aromatic heterocycles. The van der Waals surface area contributed by atoms with Gasteiger partial charge in [0.15, 0.2) is 17.5 Å². The second kappa shape index (κ2) is 7.15. The Morgan fingerprint density at radius 1 is 1.13 bits per heavy atom. The van der Waals surface area contributed by atoms with E-state index in [1.807, 2.05) is 19.1 Å². The van der Waals surface area contributed by atoms with Crippen LogP contribution in [0.2, 0.25) is 0 Å². The summed E-state index contributed by atoms with van der Waals surface area (Å²) in [6.07, 6.45) is -0.947. The van der Waals surface area contributed by atoms with Gasteiger partial charge in [-0.2, -0.15) is 0 Å². The second-order valence-corrected chi connectivity index (χ2v) is 4.93. The smallest absolute Gasteiger partial charge is 0.319 e. The summed E-state index contributed by atoms with van der Waals surface area (Å²) >= 11 is 0. The quantitative estimate of drug-likeness (QED) is 0.756. The Morgan fingerprint density at radius 2 is 1.83 bits per heavy atom. The summed E-state index contributed by atoms with van der Waals surface area (Å²) in [7, 11) is 0.